The molecule has 0 saturated carbocycles. The Morgan fingerprint density at radius 1 is 0.706 bits per heavy atom. The lowest BCUT2D eigenvalue weighted by atomic mass is 9.96. The predicted molar refractivity (Wildman–Crippen MR) is 38.9 cm³/mol. The highest BCUT2D eigenvalue weighted by molar-refractivity contribution is 5.83. The van der Waals surface area contributed by atoms with Crippen molar-refractivity contribution >= 4 is 11.9 Å². The highest BCUT2D eigenvalue weighted by Crippen LogP contribution is 2.29. The van der Waals surface area contributed by atoms with Crippen molar-refractivity contribution in [2.45, 2.75) is 17.4 Å². The zero-order chi connectivity index (χ0) is 14.1. The minimum absolute atomic E-state index is 2.57. The van der Waals surface area contributed by atoms with Gasteiger partial charge in [0, 0.05) is 0 Å². The van der Waals surface area contributed by atoms with Gasteiger partial charge in [-0.15, -0.1) is 0 Å². The van der Waals surface area contributed by atoms with E-state index in [9.17, 15) is 9.59 Å². The molecule has 0 aromatic rings. The average molecular weight is 260 g/mol. The molecule has 0 radical (unpaired) electrons. The van der Waals surface area contributed by atoms with Gasteiger partial charge < -0.3 is 30.6 Å². The minimum Gasteiger partial charge on any atom is -0.356 e. The van der Waals surface area contributed by atoms with Gasteiger partial charge in [0.2, 0.25) is 0 Å². The number of hydrogen-bond donors (Lipinski definition) is 8. The van der Waals surface area contributed by atoms with Crippen LogP contribution in [-0.4, -0.2) is 70.5 Å². The Bertz CT molecular complexity index is 285. The van der Waals surface area contributed by atoms with E-state index in [1.807, 2.05) is 0 Å². The first-order valence-corrected chi connectivity index (χ1v) is 3.52. The smallest absolute Gasteiger partial charge is 0.356 e. The Morgan fingerprint density at radius 2 is 0.941 bits per heavy atom. The lowest BCUT2D eigenvalue weighted by molar-refractivity contribution is -0.441. The highest BCUT2D eigenvalue weighted by Gasteiger charge is 2.71. The monoisotopic (exact) mass is 260 g/mol. The summed E-state index contributed by atoms with van der Waals surface area (Å²) in [6, 6.07) is 0. The Kier molecular flexibility index (Phi) is 4.11. The summed E-state index contributed by atoms with van der Waals surface area (Å²) in [5, 5.41) is 68.6. The van der Waals surface area contributed by atoms with Crippen molar-refractivity contribution in [2.75, 3.05) is 0 Å². The summed E-state index contributed by atoms with van der Waals surface area (Å²) in [4.78, 5) is 26.4. The molecule has 12 heteroatoms. The fourth-order valence-electron chi connectivity index (χ4n) is 0.655. The maximum atomic E-state index is 10.5. The van der Waals surface area contributed by atoms with E-state index < -0.39 is 29.3 Å². The van der Waals surface area contributed by atoms with Crippen LogP contribution in [0.1, 0.15) is 0 Å². The standard InChI is InChI=1S/C5H8O12/c6-1(16-14)3(8,9)5(12,13)4(10,11)2(7)17-15/h8-15H. The summed E-state index contributed by atoms with van der Waals surface area (Å²) in [6.45, 7) is 0. The third-order valence-electron chi connectivity index (χ3n) is 1.71. The number of hydrogen-bond acceptors (Lipinski definition) is 12. The summed E-state index contributed by atoms with van der Waals surface area (Å²) in [7, 11) is 0. The average Bonchev–Trinajstić information content (AvgIpc) is 2.25. The topological polar surface area (TPSA) is 214 Å². The molecule has 17 heavy (non-hydrogen) atoms. The van der Waals surface area contributed by atoms with Crippen molar-refractivity contribution in [3.63, 3.8) is 0 Å². The minimum atomic E-state index is -4.71. The third kappa shape index (κ3) is 2.19. The lowest BCUT2D eigenvalue weighted by Crippen LogP contribution is -2.74. The van der Waals surface area contributed by atoms with Gasteiger partial charge in [0.15, 0.2) is 0 Å². The molecule has 0 unspecified atom stereocenters. The Balaban J connectivity index is 5.54. The summed E-state index contributed by atoms with van der Waals surface area (Å²) < 4.78 is 0. The fraction of sp³-hybridized carbons (Fsp3) is 0.600. The summed E-state index contributed by atoms with van der Waals surface area (Å²) in [5.74, 6) is -18.9. The largest absolute Gasteiger partial charge is 0.406 e. The quantitative estimate of drug-likeness (QED) is 0.135. The van der Waals surface area contributed by atoms with Gasteiger partial charge in [-0.05, 0) is 0 Å². The zero-order valence-corrected chi connectivity index (χ0v) is 7.71. The first-order valence-electron chi connectivity index (χ1n) is 3.52. The van der Waals surface area contributed by atoms with Crippen LogP contribution in [-0.2, 0) is 19.4 Å². The van der Waals surface area contributed by atoms with Crippen molar-refractivity contribution < 1.29 is 60.5 Å². The van der Waals surface area contributed by atoms with Gasteiger partial charge >= 0.3 is 23.5 Å². The van der Waals surface area contributed by atoms with E-state index in [1.54, 1.807) is 0 Å². The van der Waals surface area contributed by atoms with E-state index in [0.29, 0.717) is 0 Å². The van der Waals surface area contributed by atoms with E-state index in [1.165, 1.54) is 0 Å². The first kappa shape index (κ1) is 15.6. The van der Waals surface area contributed by atoms with E-state index >= 15 is 0 Å². The second-order valence-electron chi connectivity index (χ2n) is 2.77. The Morgan fingerprint density at radius 3 is 1.12 bits per heavy atom. The molecule has 0 atom stereocenters. The van der Waals surface area contributed by atoms with Crippen LogP contribution in [0.2, 0.25) is 0 Å². The summed E-state index contributed by atoms with van der Waals surface area (Å²) in [6.07, 6.45) is 0. The highest BCUT2D eigenvalue weighted by atomic mass is 17.1. The normalized spacial score (nSPS) is 13.2. The molecule has 0 amide bonds. The SMILES string of the molecule is O=C(OO)C(O)(O)C(O)(O)C(O)(O)C(=O)OO. The maximum Gasteiger partial charge on any atom is 0.406 e. The van der Waals surface area contributed by atoms with Crippen LogP contribution in [0.25, 0.3) is 0 Å². The lowest BCUT2D eigenvalue weighted by Gasteiger charge is -2.37. The molecule has 0 aliphatic carbocycles. The molecule has 0 saturated heterocycles. The van der Waals surface area contributed by atoms with Gasteiger partial charge in [-0.2, -0.15) is 10.5 Å². The van der Waals surface area contributed by atoms with Gasteiger partial charge in [-0.25, -0.2) is 9.59 Å². The second kappa shape index (κ2) is 4.47. The molecule has 0 aliphatic heterocycles. The van der Waals surface area contributed by atoms with Crippen LogP contribution >= 0.6 is 0 Å². The van der Waals surface area contributed by atoms with Gasteiger partial charge in [0.25, 0.3) is 5.79 Å². The molecule has 0 heterocycles. The number of rotatable bonds is 4. The summed E-state index contributed by atoms with van der Waals surface area (Å²) in [5.41, 5.74) is 0. The Hall–Kier alpha value is -1.38. The van der Waals surface area contributed by atoms with Gasteiger partial charge in [0.1, 0.15) is 0 Å². The maximum absolute atomic E-state index is 10.5. The van der Waals surface area contributed by atoms with Crippen LogP contribution in [0.15, 0.2) is 0 Å². The van der Waals surface area contributed by atoms with Crippen LogP contribution in [0.4, 0.5) is 0 Å². The molecule has 0 aromatic carbocycles. The van der Waals surface area contributed by atoms with Crippen molar-refractivity contribution in [1.82, 2.24) is 0 Å². The van der Waals surface area contributed by atoms with Crippen molar-refractivity contribution in [3.8, 4) is 0 Å². The van der Waals surface area contributed by atoms with Crippen molar-refractivity contribution in [1.29, 1.82) is 0 Å². The van der Waals surface area contributed by atoms with Crippen LogP contribution in [0.5, 0.6) is 0 Å². The molecule has 0 rings (SSSR count). The molecule has 0 fully saturated rings. The predicted octanol–water partition coefficient (Wildman–Crippen LogP) is -4.94. The van der Waals surface area contributed by atoms with Crippen LogP contribution in [0.3, 0.4) is 0 Å². The van der Waals surface area contributed by atoms with Crippen molar-refractivity contribution in [2.24, 2.45) is 0 Å². The Labute approximate surface area is 91.0 Å². The molecular formula is C5H8O12. The van der Waals surface area contributed by atoms with E-state index in [2.05, 4.69) is 9.78 Å². The second-order valence-corrected chi connectivity index (χ2v) is 2.77. The van der Waals surface area contributed by atoms with Crippen LogP contribution < -0.4 is 0 Å². The number of carbonyl (C=O) groups is 2. The molecule has 8 N–H and O–H groups in total. The van der Waals surface area contributed by atoms with Gasteiger partial charge in [-0.3, -0.25) is 9.78 Å². The van der Waals surface area contributed by atoms with E-state index in [0.717, 1.165) is 0 Å². The van der Waals surface area contributed by atoms with Gasteiger partial charge in [0.05, 0.1) is 0 Å². The molecule has 12 nitrogen and oxygen atoms in total. The van der Waals surface area contributed by atoms with E-state index in [4.69, 9.17) is 41.2 Å². The van der Waals surface area contributed by atoms with Crippen molar-refractivity contribution in [3.05, 3.63) is 0 Å². The number of carbonyl (C=O) groups excluding carboxylic acids is 2. The molecular weight excluding hydrogens is 252 g/mol. The van der Waals surface area contributed by atoms with Gasteiger partial charge in [-0.1, -0.05) is 0 Å². The molecule has 0 aromatic heterocycles. The molecule has 0 spiro atoms. The van der Waals surface area contributed by atoms with E-state index in [-0.39, 0.29) is 0 Å². The fourth-order valence-corrected chi connectivity index (χ4v) is 0.655. The first-order chi connectivity index (χ1) is 7.46. The molecule has 0 bridgehead atoms. The molecule has 0 aliphatic rings. The molecule has 100 valence electrons. The third-order valence-corrected chi connectivity index (χ3v) is 1.71. The van der Waals surface area contributed by atoms with Crippen LogP contribution in [0, 0.1) is 0 Å². The zero-order valence-electron chi connectivity index (χ0n) is 7.71. The summed E-state index contributed by atoms with van der Waals surface area (Å²) >= 11 is 0. The number of aliphatic hydroxyl groups is 6.